The molecule has 0 aromatic rings. The van der Waals surface area contributed by atoms with Crippen LogP contribution in [0.15, 0.2) is 0 Å². The lowest BCUT2D eigenvalue weighted by Crippen LogP contribution is -2.49. The van der Waals surface area contributed by atoms with Gasteiger partial charge in [0, 0.05) is 0 Å². The molecule has 1 N–H and O–H groups in total. The fourth-order valence-corrected chi connectivity index (χ4v) is 4.12. The Bertz CT molecular complexity index is 257. The highest BCUT2D eigenvalue weighted by atomic mass is 28.4. The summed E-state index contributed by atoms with van der Waals surface area (Å²) in [4.78, 5) is 10.3. The second-order valence-corrected chi connectivity index (χ2v) is 7.62. The van der Waals surface area contributed by atoms with Crippen molar-refractivity contribution in [2.24, 2.45) is 0 Å². The summed E-state index contributed by atoms with van der Waals surface area (Å²) in [5.41, 5.74) is -1.52. The lowest BCUT2D eigenvalue weighted by Gasteiger charge is -2.30. The Morgan fingerprint density at radius 2 is 1.50 bits per heavy atom. The van der Waals surface area contributed by atoms with Crippen molar-refractivity contribution in [3.8, 4) is 0 Å². The van der Waals surface area contributed by atoms with Crippen LogP contribution in [0.4, 0.5) is 0 Å². The van der Waals surface area contributed by atoms with Gasteiger partial charge in [0.1, 0.15) is 0 Å². The van der Waals surface area contributed by atoms with Crippen molar-refractivity contribution in [1.82, 2.24) is 0 Å². The maximum atomic E-state index is 10.3. The first kappa shape index (κ1) is 14.1. The summed E-state index contributed by atoms with van der Waals surface area (Å²) >= 11 is 0. The van der Waals surface area contributed by atoms with E-state index in [1.165, 1.54) is 0 Å². The Balaban J connectivity index is 2.84. The SMILES string of the molecule is CCC(C)(C)O[Si]1(O)OC(C)(C)C(C)(C)O1. The molecular weight excluding hydrogens is 224 g/mol. The molecule has 1 fully saturated rings. The summed E-state index contributed by atoms with van der Waals surface area (Å²) in [5, 5.41) is 0. The molecule has 0 atom stereocenters. The van der Waals surface area contributed by atoms with Crippen molar-refractivity contribution in [2.75, 3.05) is 0 Å². The van der Waals surface area contributed by atoms with Gasteiger partial charge in [0.2, 0.25) is 0 Å². The van der Waals surface area contributed by atoms with E-state index in [0.717, 1.165) is 6.42 Å². The largest absolute Gasteiger partial charge is 0.678 e. The summed E-state index contributed by atoms with van der Waals surface area (Å²) < 4.78 is 16.9. The van der Waals surface area contributed by atoms with E-state index in [1.54, 1.807) is 0 Å². The quantitative estimate of drug-likeness (QED) is 0.778. The minimum absolute atomic E-state index is 0.433. The Labute approximate surface area is 99.4 Å². The van der Waals surface area contributed by atoms with Crippen molar-refractivity contribution >= 4 is 9.05 Å². The maximum Gasteiger partial charge on any atom is 0.678 e. The minimum atomic E-state index is -3.51. The van der Waals surface area contributed by atoms with Crippen LogP contribution in [0.25, 0.3) is 0 Å². The van der Waals surface area contributed by atoms with Gasteiger partial charge >= 0.3 is 9.05 Å². The van der Waals surface area contributed by atoms with Gasteiger partial charge in [0.05, 0.1) is 16.8 Å². The molecule has 1 heterocycles. The van der Waals surface area contributed by atoms with Crippen molar-refractivity contribution < 1.29 is 18.1 Å². The highest BCUT2D eigenvalue weighted by Crippen LogP contribution is 2.42. The third-order valence-electron chi connectivity index (χ3n) is 3.47. The molecule has 0 saturated carbocycles. The second-order valence-electron chi connectivity index (χ2n) is 5.96. The molecular formula is C11H24O4Si. The summed E-state index contributed by atoms with van der Waals surface area (Å²) in [7, 11) is -3.51. The van der Waals surface area contributed by atoms with Crippen LogP contribution < -0.4 is 0 Å². The standard InChI is InChI=1S/C11H24O4Si/c1-8-9(2,3)13-16(12)14-10(4,5)11(6,7)15-16/h12H,8H2,1-7H3. The third-order valence-corrected chi connectivity index (χ3v) is 5.82. The fourth-order valence-electron chi connectivity index (χ4n) is 1.37. The van der Waals surface area contributed by atoms with Crippen LogP contribution in [0.2, 0.25) is 0 Å². The average Bonchev–Trinajstić information content (AvgIpc) is 2.13. The van der Waals surface area contributed by atoms with Gasteiger partial charge in [-0.2, -0.15) is 0 Å². The first-order chi connectivity index (χ1) is 6.93. The van der Waals surface area contributed by atoms with E-state index in [-0.39, 0.29) is 0 Å². The number of hydrogen-bond donors (Lipinski definition) is 1. The molecule has 5 heteroatoms. The minimum Gasteiger partial charge on any atom is -0.367 e. The molecule has 0 bridgehead atoms. The molecule has 0 aromatic carbocycles. The van der Waals surface area contributed by atoms with Crippen LogP contribution in [-0.2, 0) is 13.3 Å². The number of hydrogen-bond acceptors (Lipinski definition) is 4. The summed E-state index contributed by atoms with van der Waals surface area (Å²) in [6.07, 6.45) is 0.788. The average molecular weight is 248 g/mol. The van der Waals surface area contributed by atoms with E-state index in [2.05, 4.69) is 0 Å². The van der Waals surface area contributed by atoms with Gasteiger partial charge in [-0.3, -0.25) is 0 Å². The topological polar surface area (TPSA) is 47.9 Å². The predicted octanol–water partition coefficient (Wildman–Crippen LogP) is 2.22. The Morgan fingerprint density at radius 3 is 1.81 bits per heavy atom. The smallest absolute Gasteiger partial charge is 0.367 e. The van der Waals surface area contributed by atoms with Crippen molar-refractivity contribution in [3.05, 3.63) is 0 Å². The molecule has 4 nitrogen and oxygen atoms in total. The zero-order valence-electron chi connectivity index (χ0n) is 11.4. The molecule has 16 heavy (non-hydrogen) atoms. The molecule has 1 aliphatic heterocycles. The van der Waals surface area contributed by atoms with Crippen molar-refractivity contribution in [3.63, 3.8) is 0 Å². The molecule has 0 amide bonds. The Morgan fingerprint density at radius 1 is 1.12 bits per heavy atom. The second kappa shape index (κ2) is 3.78. The molecule has 0 aliphatic carbocycles. The van der Waals surface area contributed by atoms with Crippen LogP contribution in [0.5, 0.6) is 0 Å². The van der Waals surface area contributed by atoms with Gasteiger partial charge in [0.15, 0.2) is 0 Å². The Kier molecular flexibility index (Phi) is 3.34. The molecule has 1 rings (SSSR count). The van der Waals surface area contributed by atoms with Crippen LogP contribution >= 0.6 is 0 Å². The van der Waals surface area contributed by atoms with Gasteiger partial charge in [-0.15, -0.1) is 0 Å². The van der Waals surface area contributed by atoms with Gasteiger partial charge < -0.3 is 18.1 Å². The van der Waals surface area contributed by atoms with E-state index < -0.39 is 25.9 Å². The lowest BCUT2D eigenvalue weighted by molar-refractivity contribution is -0.0403. The molecule has 1 aliphatic rings. The molecule has 0 unspecified atom stereocenters. The lowest BCUT2D eigenvalue weighted by atomic mass is 9.90. The van der Waals surface area contributed by atoms with Crippen molar-refractivity contribution in [1.29, 1.82) is 0 Å². The highest BCUT2D eigenvalue weighted by molar-refractivity contribution is 6.53. The molecule has 0 spiro atoms. The first-order valence-corrected chi connectivity index (χ1v) is 7.43. The number of rotatable bonds is 3. The van der Waals surface area contributed by atoms with Gasteiger partial charge in [0.25, 0.3) is 0 Å². The van der Waals surface area contributed by atoms with Crippen molar-refractivity contribution in [2.45, 2.75) is 71.7 Å². The third kappa shape index (κ3) is 2.65. The summed E-state index contributed by atoms with van der Waals surface area (Å²) in [6.45, 7) is 13.5. The van der Waals surface area contributed by atoms with Gasteiger partial charge in [-0.1, -0.05) is 6.92 Å². The van der Waals surface area contributed by atoms with Crippen LogP contribution in [0.1, 0.15) is 54.9 Å². The zero-order valence-corrected chi connectivity index (χ0v) is 12.4. The predicted molar refractivity (Wildman–Crippen MR) is 63.8 cm³/mol. The van der Waals surface area contributed by atoms with E-state index in [4.69, 9.17) is 13.3 Å². The maximum absolute atomic E-state index is 10.3. The normalized spacial score (nSPS) is 27.0. The molecule has 0 aromatic heterocycles. The van der Waals surface area contributed by atoms with E-state index in [9.17, 15) is 4.80 Å². The highest BCUT2D eigenvalue weighted by Gasteiger charge is 2.64. The summed E-state index contributed by atoms with van der Waals surface area (Å²) in [6, 6.07) is 0. The molecule has 1 saturated heterocycles. The van der Waals surface area contributed by atoms with Gasteiger partial charge in [-0.25, -0.2) is 0 Å². The molecule has 0 radical (unpaired) electrons. The van der Waals surface area contributed by atoms with E-state index in [0.29, 0.717) is 0 Å². The Hall–Kier alpha value is 0.0569. The van der Waals surface area contributed by atoms with Crippen LogP contribution in [0, 0.1) is 0 Å². The summed E-state index contributed by atoms with van der Waals surface area (Å²) in [5.74, 6) is 0. The van der Waals surface area contributed by atoms with Crippen LogP contribution in [0.3, 0.4) is 0 Å². The van der Waals surface area contributed by atoms with E-state index >= 15 is 0 Å². The van der Waals surface area contributed by atoms with Gasteiger partial charge in [-0.05, 0) is 48.0 Å². The monoisotopic (exact) mass is 248 g/mol. The van der Waals surface area contributed by atoms with E-state index in [1.807, 2.05) is 48.5 Å². The fraction of sp³-hybridized carbons (Fsp3) is 1.00. The molecule has 96 valence electrons. The first-order valence-electron chi connectivity index (χ1n) is 5.76. The zero-order chi connectivity index (χ0) is 12.8. The van der Waals surface area contributed by atoms with Crippen LogP contribution in [-0.4, -0.2) is 30.6 Å².